The van der Waals surface area contributed by atoms with Crippen molar-refractivity contribution >= 4 is 40.3 Å². The molecule has 1 aromatic heterocycles. The Morgan fingerprint density at radius 2 is 2.25 bits per heavy atom. The lowest BCUT2D eigenvalue weighted by molar-refractivity contribution is 0.0698. The highest BCUT2D eigenvalue weighted by Gasteiger charge is 2.18. The molecule has 0 aliphatic carbocycles. The fourth-order valence-corrected chi connectivity index (χ4v) is 2.85. The molecule has 5 nitrogen and oxygen atoms in total. The molecule has 0 aliphatic rings. The molecule has 0 fully saturated rings. The number of hydrogen-bond donors (Lipinski definition) is 3. The molecule has 0 saturated heterocycles. The van der Waals surface area contributed by atoms with Crippen LogP contribution < -0.4 is 11.1 Å². The first-order chi connectivity index (χ1) is 9.38. The molecule has 0 radical (unpaired) electrons. The number of aromatic nitrogens is 1. The van der Waals surface area contributed by atoms with Gasteiger partial charge in [0.1, 0.15) is 5.01 Å². The van der Waals surface area contributed by atoms with Gasteiger partial charge in [-0.3, -0.25) is 0 Å². The van der Waals surface area contributed by atoms with Gasteiger partial charge in [-0.05, 0) is 26.0 Å². The first-order valence-corrected chi connectivity index (χ1v) is 7.09. The molecule has 1 unspecified atom stereocenters. The summed E-state index contributed by atoms with van der Waals surface area (Å²) in [7, 11) is 0. The Balaban J connectivity index is 2.35. The number of carboxylic acid groups (broad SMARTS) is 1. The first-order valence-electron chi connectivity index (χ1n) is 5.89. The summed E-state index contributed by atoms with van der Waals surface area (Å²) in [4.78, 5) is 16.6. The molecule has 0 saturated carbocycles. The summed E-state index contributed by atoms with van der Waals surface area (Å²) in [5, 5.41) is 13.5. The first kappa shape index (κ1) is 14.6. The topological polar surface area (TPSA) is 88.2 Å². The number of nitrogen functional groups attached to an aromatic ring is 1. The molecule has 0 bridgehead atoms. The Labute approximate surface area is 125 Å². The summed E-state index contributed by atoms with van der Waals surface area (Å²) in [6.07, 6.45) is 1.78. The van der Waals surface area contributed by atoms with Crippen LogP contribution >= 0.6 is 22.9 Å². The maximum absolute atomic E-state index is 11.3. The number of benzene rings is 1. The lowest BCUT2D eigenvalue weighted by Gasteiger charge is -2.17. The van der Waals surface area contributed by atoms with Gasteiger partial charge in [-0.1, -0.05) is 11.6 Å². The predicted octanol–water partition coefficient (Wildman–Crippen LogP) is 3.56. The summed E-state index contributed by atoms with van der Waals surface area (Å²) >= 11 is 7.64. The van der Waals surface area contributed by atoms with Gasteiger partial charge in [0, 0.05) is 16.8 Å². The Morgan fingerprint density at radius 1 is 1.55 bits per heavy atom. The number of nitrogens with one attached hydrogen (secondary N) is 1. The zero-order valence-electron chi connectivity index (χ0n) is 11.0. The van der Waals surface area contributed by atoms with Gasteiger partial charge in [0.15, 0.2) is 0 Å². The van der Waals surface area contributed by atoms with E-state index in [4.69, 9.17) is 17.3 Å². The number of aryl methyl sites for hydroxylation is 1. The van der Waals surface area contributed by atoms with E-state index >= 15 is 0 Å². The zero-order chi connectivity index (χ0) is 14.9. The molecule has 4 N–H and O–H groups in total. The number of halogens is 1. The third-order valence-electron chi connectivity index (χ3n) is 2.71. The highest BCUT2D eigenvalue weighted by atomic mass is 35.5. The molecule has 1 heterocycles. The van der Waals surface area contributed by atoms with Crippen LogP contribution in [0.3, 0.4) is 0 Å². The molecule has 7 heteroatoms. The molecular formula is C13H14ClN3O2S. The monoisotopic (exact) mass is 311 g/mol. The number of thiazole rings is 1. The van der Waals surface area contributed by atoms with E-state index < -0.39 is 5.97 Å². The van der Waals surface area contributed by atoms with E-state index in [9.17, 15) is 9.90 Å². The summed E-state index contributed by atoms with van der Waals surface area (Å²) in [6.45, 7) is 3.86. The van der Waals surface area contributed by atoms with E-state index in [0.29, 0.717) is 11.4 Å². The summed E-state index contributed by atoms with van der Waals surface area (Å²) in [5.41, 5.74) is 6.35. The number of nitrogens with zero attached hydrogens (tertiary/aromatic N) is 1. The highest BCUT2D eigenvalue weighted by Crippen LogP contribution is 2.33. The van der Waals surface area contributed by atoms with Crippen molar-refractivity contribution in [1.29, 1.82) is 0 Å². The molecule has 2 rings (SSSR count). The minimum atomic E-state index is -1.08. The Bertz CT molecular complexity index is 657. The number of anilines is 2. The number of carboxylic acids is 1. The van der Waals surface area contributed by atoms with Gasteiger partial charge in [-0.25, -0.2) is 9.78 Å². The van der Waals surface area contributed by atoms with E-state index in [-0.39, 0.29) is 16.6 Å². The predicted molar refractivity (Wildman–Crippen MR) is 81.7 cm³/mol. The van der Waals surface area contributed by atoms with Crippen molar-refractivity contribution in [2.75, 3.05) is 11.1 Å². The quantitative estimate of drug-likeness (QED) is 0.751. The molecule has 1 aromatic carbocycles. The van der Waals surface area contributed by atoms with Crippen molar-refractivity contribution < 1.29 is 9.90 Å². The SMILES string of the molecule is Cc1cnc(C(C)Nc2c(Cl)cc(N)cc2C(=O)O)s1. The zero-order valence-corrected chi connectivity index (χ0v) is 12.5. The van der Waals surface area contributed by atoms with Crippen molar-refractivity contribution in [2.24, 2.45) is 0 Å². The summed E-state index contributed by atoms with van der Waals surface area (Å²) in [6, 6.07) is 2.76. The second kappa shape index (κ2) is 5.68. The van der Waals surface area contributed by atoms with Crippen molar-refractivity contribution in [3.05, 3.63) is 38.8 Å². The lowest BCUT2D eigenvalue weighted by atomic mass is 10.1. The normalized spacial score (nSPS) is 12.2. The van der Waals surface area contributed by atoms with E-state index in [2.05, 4.69) is 10.3 Å². The fourth-order valence-electron chi connectivity index (χ4n) is 1.79. The lowest BCUT2D eigenvalue weighted by Crippen LogP contribution is -2.11. The van der Waals surface area contributed by atoms with E-state index in [0.717, 1.165) is 9.88 Å². The largest absolute Gasteiger partial charge is 0.478 e. The number of hydrogen-bond acceptors (Lipinski definition) is 5. The molecule has 20 heavy (non-hydrogen) atoms. The third kappa shape index (κ3) is 3.02. The molecule has 0 aliphatic heterocycles. The van der Waals surface area contributed by atoms with Crippen LogP contribution in [0.4, 0.5) is 11.4 Å². The Morgan fingerprint density at radius 3 is 2.80 bits per heavy atom. The number of nitrogens with two attached hydrogens (primary N) is 1. The number of aromatic carboxylic acids is 1. The van der Waals surface area contributed by atoms with Crippen LogP contribution in [0, 0.1) is 6.92 Å². The van der Waals surface area contributed by atoms with Crippen molar-refractivity contribution in [3.8, 4) is 0 Å². The van der Waals surface area contributed by atoms with Crippen LogP contribution in [0.2, 0.25) is 5.02 Å². The molecule has 2 aromatic rings. The third-order valence-corrected chi connectivity index (χ3v) is 4.11. The van der Waals surface area contributed by atoms with Crippen LogP contribution in [0.15, 0.2) is 18.3 Å². The molecule has 106 valence electrons. The minimum absolute atomic E-state index is 0.0510. The van der Waals surface area contributed by atoms with Crippen LogP contribution in [0.25, 0.3) is 0 Å². The maximum atomic E-state index is 11.3. The molecule has 0 amide bonds. The minimum Gasteiger partial charge on any atom is -0.478 e. The summed E-state index contributed by atoms with van der Waals surface area (Å²) in [5.74, 6) is -1.08. The van der Waals surface area contributed by atoms with Crippen molar-refractivity contribution in [3.63, 3.8) is 0 Å². The maximum Gasteiger partial charge on any atom is 0.337 e. The van der Waals surface area contributed by atoms with Crippen LogP contribution in [-0.2, 0) is 0 Å². The second-order valence-electron chi connectivity index (χ2n) is 4.41. The Hall–Kier alpha value is -1.79. The smallest absolute Gasteiger partial charge is 0.337 e. The fraction of sp³-hybridized carbons (Fsp3) is 0.231. The van der Waals surface area contributed by atoms with E-state index in [1.54, 1.807) is 17.5 Å². The van der Waals surface area contributed by atoms with Gasteiger partial charge in [0.2, 0.25) is 0 Å². The average Bonchev–Trinajstić information content (AvgIpc) is 2.78. The summed E-state index contributed by atoms with van der Waals surface area (Å²) < 4.78 is 0. The van der Waals surface area contributed by atoms with Crippen molar-refractivity contribution in [2.45, 2.75) is 19.9 Å². The van der Waals surface area contributed by atoms with Gasteiger partial charge in [-0.2, -0.15) is 0 Å². The van der Waals surface area contributed by atoms with E-state index in [1.807, 2.05) is 13.8 Å². The van der Waals surface area contributed by atoms with Gasteiger partial charge in [0.25, 0.3) is 0 Å². The van der Waals surface area contributed by atoms with Crippen LogP contribution in [-0.4, -0.2) is 16.1 Å². The molecular weight excluding hydrogens is 298 g/mol. The average molecular weight is 312 g/mol. The number of rotatable bonds is 4. The molecule has 0 spiro atoms. The van der Waals surface area contributed by atoms with Crippen LogP contribution in [0.1, 0.15) is 33.2 Å². The van der Waals surface area contributed by atoms with Gasteiger partial charge in [0.05, 0.1) is 22.3 Å². The van der Waals surface area contributed by atoms with Gasteiger partial charge in [-0.15, -0.1) is 11.3 Å². The van der Waals surface area contributed by atoms with Crippen molar-refractivity contribution in [1.82, 2.24) is 4.98 Å². The molecule has 1 atom stereocenters. The highest BCUT2D eigenvalue weighted by molar-refractivity contribution is 7.11. The second-order valence-corrected chi connectivity index (χ2v) is 6.08. The van der Waals surface area contributed by atoms with Gasteiger partial charge < -0.3 is 16.2 Å². The van der Waals surface area contributed by atoms with E-state index in [1.165, 1.54) is 12.1 Å². The Kier molecular flexibility index (Phi) is 4.15. The van der Waals surface area contributed by atoms with Crippen LogP contribution in [0.5, 0.6) is 0 Å². The van der Waals surface area contributed by atoms with Gasteiger partial charge >= 0.3 is 5.97 Å². The standard InChI is InChI=1S/C13H14ClN3O2S/c1-6-5-16-12(20-6)7(2)17-11-9(13(18)19)3-8(15)4-10(11)14/h3-5,7,17H,15H2,1-2H3,(H,18,19). The number of carbonyl (C=O) groups is 1.